The minimum Gasteiger partial charge on any atom is -0.349 e. The maximum absolute atomic E-state index is 13.7. The van der Waals surface area contributed by atoms with Gasteiger partial charge in [-0.15, -0.1) is 10.2 Å². The fourth-order valence-electron chi connectivity index (χ4n) is 6.73. The third-order valence-corrected chi connectivity index (χ3v) is 8.66. The molecule has 2 saturated heterocycles. The summed E-state index contributed by atoms with van der Waals surface area (Å²) in [6, 6.07) is 9.79. The van der Waals surface area contributed by atoms with Crippen LogP contribution in [0.15, 0.2) is 30.3 Å². The molecule has 2 unspecified atom stereocenters. The van der Waals surface area contributed by atoms with Crippen molar-refractivity contribution >= 4 is 5.91 Å². The highest BCUT2D eigenvalue weighted by Gasteiger charge is 2.42. The number of hydrogen-bond acceptors (Lipinski definition) is 4. The number of carbonyl (C=O) groups excluding carboxylic acids is 1. The van der Waals surface area contributed by atoms with Crippen molar-refractivity contribution in [3.63, 3.8) is 0 Å². The smallest absolute Gasteiger partial charge is 0.248 e. The van der Waals surface area contributed by atoms with Gasteiger partial charge in [0.05, 0.1) is 6.04 Å². The van der Waals surface area contributed by atoms with Crippen molar-refractivity contribution in [3.05, 3.63) is 47.5 Å². The van der Waals surface area contributed by atoms with E-state index in [1.807, 2.05) is 30.3 Å². The van der Waals surface area contributed by atoms with E-state index in [2.05, 4.69) is 20.4 Å². The molecule has 2 bridgehead atoms. The molecule has 202 valence electrons. The van der Waals surface area contributed by atoms with Crippen molar-refractivity contribution in [1.29, 1.82) is 0 Å². The van der Waals surface area contributed by atoms with Gasteiger partial charge in [0.2, 0.25) is 11.8 Å². The Morgan fingerprint density at radius 2 is 1.76 bits per heavy atom. The van der Waals surface area contributed by atoms with E-state index in [9.17, 15) is 13.6 Å². The Hall–Kier alpha value is -2.35. The Labute approximate surface area is 227 Å². The topological polar surface area (TPSA) is 63.1 Å². The normalized spacial score (nSPS) is 30.0. The van der Waals surface area contributed by atoms with Crippen molar-refractivity contribution in [3.8, 4) is 0 Å². The number of carbonyl (C=O) groups is 1. The summed E-state index contributed by atoms with van der Waals surface area (Å²) in [5.41, 5.74) is 0.976. The molecule has 2 aliphatic heterocycles. The van der Waals surface area contributed by atoms with E-state index in [0.717, 1.165) is 37.8 Å². The van der Waals surface area contributed by atoms with Crippen LogP contribution in [0.25, 0.3) is 0 Å². The van der Waals surface area contributed by atoms with E-state index < -0.39 is 31.5 Å². The van der Waals surface area contributed by atoms with Gasteiger partial charge in [-0.3, -0.25) is 9.69 Å². The lowest BCUT2D eigenvalue weighted by Gasteiger charge is -2.40. The van der Waals surface area contributed by atoms with Crippen molar-refractivity contribution in [2.24, 2.45) is 5.92 Å². The highest BCUT2D eigenvalue weighted by Crippen LogP contribution is 2.42. The van der Waals surface area contributed by atoms with E-state index in [0.29, 0.717) is 12.2 Å². The van der Waals surface area contributed by atoms with E-state index >= 15 is 0 Å². The van der Waals surface area contributed by atoms with Crippen molar-refractivity contribution in [2.45, 2.75) is 114 Å². The number of benzene rings is 1. The second-order valence-corrected chi connectivity index (χ2v) is 11.0. The minimum atomic E-state index is -2.75. The Morgan fingerprint density at radius 1 is 1.08 bits per heavy atom. The number of alkyl halides is 2. The summed E-state index contributed by atoms with van der Waals surface area (Å²) in [7, 11) is 0. The van der Waals surface area contributed by atoms with E-state index in [4.69, 9.17) is 8.22 Å². The SMILES string of the molecule is [2H]C([2H])([2H])C(c1nnc(C)n1C1CC2CCC(C1)N2CC[C@H](NC(=O)C1CCC(F)(F)CC1)c1ccccc1)C([2H])([2H])[2H]. The summed E-state index contributed by atoms with van der Waals surface area (Å²) in [4.78, 5) is 15.6. The first-order chi connectivity index (χ1) is 20.1. The van der Waals surface area contributed by atoms with Crippen molar-refractivity contribution in [2.75, 3.05) is 6.54 Å². The van der Waals surface area contributed by atoms with Crippen LogP contribution >= 0.6 is 0 Å². The summed E-state index contributed by atoms with van der Waals surface area (Å²) in [6.45, 7) is -3.04. The molecule has 1 aliphatic carbocycles. The van der Waals surface area contributed by atoms with Crippen LogP contribution in [0, 0.1) is 12.8 Å². The molecule has 8 heteroatoms. The zero-order valence-corrected chi connectivity index (χ0v) is 21.4. The first kappa shape index (κ1) is 19.7. The van der Waals surface area contributed by atoms with Gasteiger partial charge in [-0.25, -0.2) is 8.78 Å². The van der Waals surface area contributed by atoms with Gasteiger partial charge >= 0.3 is 0 Å². The van der Waals surface area contributed by atoms with Gasteiger partial charge in [0.25, 0.3) is 0 Å². The maximum atomic E-state index is 13.7. The average molecular weight is 520 g/mol. The number of amides is 1. The van der Waals surface area contributed by atoms with Gasteiger partial charge < -0.3 is 9.88 Å². The molecular weight excluding hydrogens is 472 g/mol. The molecule has 3 aliphatic rings. The van der Waals surface area contributed by atoms with Crippen LogP contribution in [0.4, 0.5) is 8.78 Å². The second-order valence-electron chi connectivity index (χ2n) is 11.0. The number of piperidine rings is 1. The fourth-order valence-corrected chi connectivity index (χ4v) is 6.73. The molecule has 1 aromatic heterocycles. The van der Waals surface area contributed by atoms with Crippen LogP contribution in [-0.4, -0.2) is 50.1 Å². The maximum Gasteiger partial charge on any atom is 0.248 e. The number of halogens is 2. The number of aryl methyl sites for hydroxylation is 1. The van der Waals surface area contributed by atoms with Gasteiger partial charge in [0, 0.05) is 57.6 Å². The van der Waals surface area contributed by atoms with E-state index in [1.165, 1.54) is 0 Å². The molecule has 0 radical (unpaired) electrons. The van der Waals surface area contributed by atoms with Gasteiger partial charge in [-0.2, -0.15) is 0 Å². The first-order valence-electron chi connectivity index (χ1n) is 16.5. The minimum absolute atomic E-state index is 0.00248. The molecule has 3 heterocycles. The molecule has 37 heavy (non-hydrogen) atoms. The van der Waals surface area contributed by atoms with Crippen LogP contribution in [0.5, 0.6) is 0 Å². The summed E-state index contributed by atoms with van der Waals surface area (Å²) >= 11 is 0. The molecule has 1 N–H and O–H groups in total. The first-order valence-corrected chi connectivity index (χ1v) is 13.5. The van der Waals surface area contributed by atoms with Crippen LogP contribution in [0.3, 0.4) is 0 Å². The highest BCUT2D eigenvalue weighted by molar-refractivity contribution is 5.79. The van der Waals surface area contributed by atoms with E-state index in [-0.39, 0.29) is 61.6 Å². The molecule has 6 nitrogen and oxygen atoms in total. The zero-order chi connectivity index (χ0) is 31.2. The number of aromatic nitrogens is 3. The molecule has 1 aromatic carbocycles. The predicted molar refractivity (Wildman–Crippen MR) is 139 cm³/mol. The van der Waals surface area contributed by atoms with Crippen LogP contribution < -0.4 is 5.32 Å². The Kier molecular flexibility index (Phi) is 5.74. The summed E-state index contributed by atoms with van der Waals surface area (Å²) in [6.07, 6.45) is 3.90. The van der Waals surface area contributed by atoms with Gasteiger partial charge in [0.15, 0.2) is 0 Å². The lowest BCUT2D eigenvalue weighted by atomic mass is 9.86. The number of fused-ring (bicyclic) bond motifs is 2. The van der Waals surface area contributed by atoms with Crippen molar-refractivity contribution in [1.82, 2.24) is 25.0 Å². The molecule has 1 amide bonds. The monoisotopic (exact) mass is 519 g/mol. The predicted octanol–water partition coefficient (Wildman–Crippen LogP) is 5.95. The lowest BCUT2D eigenvalue weighted by Crippen LogP contribution is -2.45. The molecule has 2 aromatic rings. The average Bonchev–Trinajstić information content (AvgIpc) is 3.39. The second kappa shape index (κ2) is 10.8. The fraction of sp³-hybridized carbons (Fsp3) is 0.690. The summed E-state index contributed by atoms with van der Waals surface area (Å²) < 4.78 is 76.8. The third-order valence-electron chi connectivity index (χ3n) is 8.66. The van der Waals surface area contributed by atoms with E-state index in [1.54, 1.807) is 11.5 Å². The zero-order valence-electron chi connectivity index (χ0n) is 27.4. The molecular formula is C29H41F2N5O. The Balaban J connectivity index is 1.28. The largest absolute Gasteiger partial charge is 0.349 e. The number of rotatable bonds is 8. The molecule has 0 spiro atoms. The van der Waals surface area contributed by atoms with Gasteiger partial charge in [0.1, 0.15) is 11.6 Å². The van der Waals surface area contributed by atoms with Crippen LogP contribution in [0.1, 0.15) is 115 Å². The summed E-state index contributed by atoms with van der Waals surface area (Å²) in [5, 5.41) is 11.4. The Bertz CT molecular complexity index is 1230. The van der Waals surface area contributed by atoms with Crippen LogP contribution in [-0.2, 0) is 4.79 Å². The number of nitrogens with zero attached hydrogens (tertiary/aromatic N) is 4. The quantitative estimate of drug-likeness (QED) is 0.468. The van der Waals surface area contributed by atoms with Gasteiger partial charge in [-0.1, -0.05) is 44.0 Å². The number of nitrogens with one attached hydrogen (secondary N) is 1. The molecule has 3 fully saturated rings. The standard InChI is InChI=1S/C29H41F2N5O/c1-19(2)27-34-33-20(3)36(27)25-17-23-9-10-24(18-25)35(23)16-13-26(21-7-5-4-6-8-21)32-28(37)22-11-14-29(30,31)15-12-22/h4-8,19,22-26H,9-18H2,1-3H3,(H,32,37)/t23?,24?,25?,26-/m0/s1/i1D3,2D3. The Morgan fingerprint density at radius 3 is 2.41 bits per heavy atom. The number of hydrogen-bond donors (Lipinski definition) is 1. The lowest BCUT2D eigenvalue weighted by molar-refractivity contribution is -0.130. The summed E-state index contributed by atoms with van der Waals surface area (Å²) in [5.74, 6) is -4.47. The van der Waals surface area contributed by atoms with Gasteiger partial charge in [-0.05, 0) is 57.4 Å². The molecule has 3 atom stereocenters. The van der Waals surface area contributed by atoms with Crippen LogP contribution in [0.2, 0.25) is 0 Å². The highest BCUT2D eigenvalue weighted by atomic mass is 19.3. The molecule has 5 rings (SSSR count). The third kappa shape index (κ3) is 5.74. The molecule has 1 saturated carbocycles. The van der Waals surface area contributed by atoms with Crippen molar-refractivity contribution < 1.29 is 21.8 Å².